The maximum absolute atomic E-state index is 6.24. The van der Waals surface area contributed by atoms with E-state index in [9.17, 15) is 0 Å². The Labute approximate surface area is 191 Å². The highest BCUT2D eigenvalue weighted by atomic mass is 16.3. The van der Waals surface area contributed by atoms with E-state index >= 15 is 0 Å². The van der Waals surface area contributed by atoms with Crippen molar-refractivity contribution in [3.63, 3.8) is 0 Å². The lowest BCUT2D eigenvalue weighted by atomic mass is 10.1. The average molecular weight is 425 g/mol. The van der Waals surface area contributed by atoms with Gasteiger partial charge in [-0.3, -0.25) is 4.99 Å². The lowest BCUT2D eigenvalue weighted by molar-refractivity contribution is 0.568. The van der Waals surface area contributed by atoms with Crippen LogP contribution in [-0.2, 0) is 6.42 Å². The van der Waals surface area contributed by atoms with E-state index in [1.165, 1.54) is 11.1 Å². The minimum absolute atomic E-state index is 0.843. The largest absolute Gasteiger partial charge is 0.458 e. The van der Waals surface area contributed by atoms with Gasteiger partial charge in [-0.2, -0.15) is 0 Å². The number of furan rings is 1. The van der Waals surface area contributed by atoms with Crippen LogP contribution >= 0.6 is 0 Å². The predicted octanol–water partition coefficient (Wildman–Crippen LogP) is 8.79. The van der Waals surface area contributed by atoms with Crippen LogP contribution in [0.5, 0.6) is 0 Å². The topological polar surface area (TPSA) is 30.4 Å². The van der Waals surface area contributed by atoms with Crippen LogP contribution in [-0.4, -0.2) is 10.8 Å². The molecule has 32 heavy (non-hydrogen) atoms. The molecule has 3 nitrogen and oxygen atoms in total. The molecule has 3 heteroatoms. The Morgan fingerprint density at radius 3 is 2.47 bits per heavy atom. The molecule has 0 spiro atoms. The van der Waals surface area contributed by atoms with Crippen molar-refractivity contribution in [2.24, 2.45) is 4.99 Å². The SMILES string of the molecule is C/C=C\C=Nc1c(-n2cccc2-c2ccccc2)ccc2c3c(oc12)CC=C3.CC.CC. The quantitative estimate of drug-likeness (QED) is 0.301. The van der Waals surface area contributed by atoms with Crippen LogP contribution in [0.25, 0.3) is 34.0 Å². The molecular weight excluding hydrogens is 392 g/mol. The number of nitrogens with zero attached hydrogens (tertiary/aromatic N) is 2. The average Bonchev–Trinajstić information content (AvgIpc) is 3.59. The minimum Gasteiger partial charge on any atom is -0.458 e. The smallest absolute Gasteiger partial charge is 0.162 e. The molecule has 0 atom stereocenters. The number of allylic oxidation sites excluding steroid dienone is 3. The number of hydrogen-bond acceptors (Lipinski definition) is 2. The maximum Gasteiger partial charge on any atom is 0.162 e. The second-order valence-corrected chi connectivity index (χ2v) is 6.79. The number of benzene rings is 2. The predicted molar refractivity (Wildman–Crippen MR) is 139 cm³/mol. The van der Waals surface area contributed by atoms with Gasteiger partial charge in [-0.25, -0.2) is 0 Å². The van der Waals surface area contributed by atoms with Crippen LogP contribution in [0.1, 0.15) is 45.9 Å². The van der Waals surface area contributed by atoms with Gasteiger partial charge in [0.25, 0.3) is 0 Å². The highest BCUT2D eigenvalue weighted by Gasteiger charge is 2.20. The first-order chi connectivity index (χ1) is 15.9. The Bertz CT molecular complexity index is 1240. The molecule has 0 amide bonds. The first-order valence-electron chi connectivity index (χ1n) is 11.5. The lowest BCUT2D eigenvalue weighted by Crippen LogP contribution is -1.96. The molecule has 2 aromatic heterocycles. The standard InChI is InChI=1S/C25H20N2O.2C2H6/c1-2-3-16-26-24-22(15-14-20-19-11-7-13-23(19)28-25(20)24)27-17-8-12-21(27)18-9-5-4-6-10-18;2*1-2/h2-12,14-17H,13H2,1H3;2*1-2H3/b3-2-,26-16?;;. The minimum atomic E-state index is 0.843. The zero-order valence-corrected chi connectivity index (χ0v) is 19.7. The summed E-state index contributed by atoms with van der Waals surface area (Å²) in [6.07, 6.45) is 12.9. The zero-order valence-electron chi connectivity index (χ0n) is 19.7. The van der Waals surface area contributed by atoms with Crippen molar-refractivity contribution < 1.29 is 4.42 Å². The molecule has 0 aliphatic heterocycles. The molecule has 0 saturated heterocycles. The van der Waals surface area contributed by atoms with E-state index in [-0.39, 0.29) is 0 Å². The Balaban J connectivity index is 0.000000686. The van der Waals surface area contributed by atoms with Crippen molar-refractivity contribution in [1.29, 1.82) is 0 Å². The second-order valence-electron chi connectivity index (χ2n) is 6.79. The van der Waals surface area contributed by atoms with Crippen LogP contribution < -0.4 is 0 Å². The third-order valence-electron chi connectivity index (χ3n) is 5.07. The third kappa shape index (κ3) is 4.38. The van der Waals surface area contributed by atoms with Gasteiger partial charge in [-0.1, -0.05) is 76.3 Å². The van der Waals surface area contributed by atoms with Gasteiger partial charge in [0.1, 0.15) is 11.4 Å². The molecule has 5 rings (SSSR count). The number of hydrogen-bond donors (Lipinski definition) is 0. The molecule has 0 radical (unpaired) electrons. The van der Waals surface area contributed by atoms with Gasteiger partial charge in [0.05, 0.1) is 11.4 Å². The Morgan fingerprint density at radius 1 is 0.938 bits per heavy atom. The van der Waals surface area contributed by atoms with Crippen LogP contribution in [0.4, 0.5) is 5.69 Å². The molecule has 4 aromatic rings. The van der Waals surface area contributed by atoms with Crippen LogP contribution in [0, 0.1) is 0 Å². The Hall–Kier alpha value is -3.59. The summed E-state index contributed by atoms with van der Waals surface area (Å²) in [5.74, 6) is 1.02. The van der Waals surface area contributed by atoms with Gasteiger partial charge in [-0.15, -0.1) is 0 Å². The van der Waals surface area contributed by atoms with E-state index in [1.54, 1.807) is 0 Å². The van der Waals surface area contributed by atoms with Gasteiger partial charge in [0, 0.05) is 29.8 Å². The van der Waals surface area contributed by atoms with Crippen LogP contribution in [0.3, 0.4) is 0 Å². The zero-order chi connectivity index (χ0) is 22.9. The van der Waals surface area contributed by atoms with Crippen molar-refractivity contribution in [3.05, 3.63) is 90.3 Å². The summed E-state index contributed by atoms with van der Waals surface area (Å²) in [6.45, 7) is 9.99. The molecule has 0 bridgehead atoms. The van der Waals surface area contributed by atoms with Gasteiger partial charge in [-0.05, 0) is 42.8 Å². The van der Waals surface area contributed by atoms with Gasteiger partial charge < -0.3 is 8.98 Å². The Kier molecular flexibility index (Phi) is 8.04. The normalized spacial score (nSPS) is 12.0. The van der Waals surface area contributed by atoms with Gasteiger partial charge in [0.15, 0.2) is 5.58 Å². The first-order valence-corrected chi connectivity index (χ1v) is 11.5. The fourth-order valence-corrected chi connectivity index (χ4v) is 3.78. The third-order valence-corrected chi connectivity index (χ3v) is 5.07. The van der Waals surface area contributed by atoms with Crippen molar-refractivity contribution in [3.8, 4) is 16.9 Å². The maximum atomic E-state index is 6.24. The molecule has 0 N–H and O–H groups in total. The molecule has 2 heterocycles. The summed E-state index contributed by atoms with van der Waals surface area (Å²) in [7, 11) is 0. The summed E-state index contributed by atoms with van der Waals surface area (Å²) in [6, 6.07) is 18.9. The van der Waals surface area contributed by atoms with Gasteiger partial charge in [0.2, 0.25) is 0 Å². The molecule has 0 unspecified atom stereocenters. The van der Waals surface area contributed by atoms with E-state index in [4.69, 9.17) is 9.41 Å². The highest BCUT2D eigenvalue weighted by molar-refractivity contribution is 6.00. The fourth-order valence-electron chi connectivity index (χ4n) is 3.78. The van der Waals surface area contributed by atoms with Crippen molar-refractivity contribution in [2.45, 2.75) is 41.0 Å². The molecule has 0 fully saturated rings. The van der Waals surface area contributed by atoms with E-state index in [0.29, 0.717) is 0 Å². The summed E-state index contributed by atoms with van der Waals surface area (Å²) < 4.78 is 8.42. The molecule has 1 aliphatic rings. The molecule has 0 saturated carbocycles. The van der Waals surface area contributed by atoms with E-state index < -0.39 is 0 Å². The monoisotopic (exact) mass is 424 g/mol. The number of rotatable bonds is 4. The highest BCUT2D eigenvalue weighted by Crippen LogP contribution is 2.41. The summed E-state index contributed by atoms with van der Waals surface area (Å²) >= 11 is 0. The van der Waals surface area contributed by atoms with Crippen molar-refractivity contribution in [2.75, 3.05) is 0 Å². The summed E-state index contributed by atoms with van der Waals surface area (Å²) in [5, 5.41) is 1.12. The van der Waals surface area contributed by atoms with E-state index in [1.807, 2.05) is 59.1 Å². The first kappa shape index (κ1) is 23.1. The van der Waals surface area contributed by atoms with Gasteiger partial charge >= 0.3 is 0 Å². The van der Waals surface area contributed by atoms with E-state index in [2.05, 4.69) is 71.4 Å². The summed E-state index contributed by atoms with van der Waals surface area (Å²) in [5.41, 5.74) is 6.18. The second kappa shape index (κ2) is 11.1. The molecule has 164 valence electrons. The van der Waals surface area contributed by atoms with Crippen molar-refractivity contribution >= 4 is 28.9 Å². The lowest BCUT2D eigenvalue weighted by Gasteiger charge is -2.12. The molecule has 1 aliphatic carbocycles. The Morgan fingerprint density at radius 2 is 1.72 bits per heavy atom. The number of fused-ring (bicyclic) bond motifs is 3. The van der Waals surface area contributed by atoms with Crippen molar-refractivity contribution in [1.82, 2.24) is 4.57 Å². The number of aromatic nitrogens is 1. The van der Waals surface area contributed by atoms with E-state index in [0.717, 1.165) is 40.2 Å². The van der Waals surface area contributed by atoms with Crippen LogP contribution in [0.2, 0.25) is 0 Å². The fraction of sp³-hybridized carbons (Fsp3) is 0.207. The van der Waals surface area contributed by atoms with Crippen LogP contribution in [0.15, 0.2) is 88.4 Å². The summed E-state index contributed by atoms with van der Waals surface area (Å²) in [4.78, 5) is 4.78. The number of aliphatic imine (C=N–C) groups is 1. The molecular formula is C29H32N2O. The molecule has 2 aromatic carbocycles.